The van der Waals surface area contributed by atoms with E-state index < -0.39 is 12.0 Å². The Kier molecular flexibility index (Phi) is 7.26. The monoisotopic (exact) mass is 241 g/mol. The van der Waals surface area contributed by atoms with Crippen molar-refractivity contribution < 1.29 is 14.3 Å². The first-order valence-electron chi connectivity index (χ1n) is 5.91. The van der Waals surface area contributed by atoms with Crippen molar-refractivity contribution in [3.63, 3.8) is 0 Å². The maximum Gasteiger partial charge on any atom is 0.328 e. The Labute approximate surface area is 103 Å². The molecule has 1 amide bonds. The average Bonchev–Trinajstić information content (AvgIpc) is 2.26. The van der Waals surface area contributed by atoms with Gasteiger partial charge in [0.15, 0.2) is 0 Å². The largest absolute Gasteiger partial charge is 0.467 e. The van der Waals surface area contributed by atoms with Crippen LogP contribution in [0.3, 0.4) is 0 Å². The quantitative estimate of drug-likeness (QED) is 0.547. The van der Waals surface area contributed by atoms with Crippen molar-refractivity contribution in [3.05, 3.63) is 12.7 Å². The second kappa shape index (κ2) is 7.87. The summed E-state index contributed by atoms with van der Waals surface area (Å²) in [5.74, 6) is -0.240. The predicted octanol–water partition coefficient (Wildman–Crippen LogP) is 1.90. The molecule has 17 heavy (non-hydrogen) atoms. The van der Waals surface area contributed by atoms with Crippen LogP contribution < -0.4 is 5.32 Å². The van der Waals surface area contributed by atoms with Gasteiger partial charge in [-0.05, 0) is 25.7 Å². The zero-order chi connectivity index (χ0) is 13.4. The fourth-order valence-electron chi connectivity index (χ4n) is 1.65. The second-order valence-electron chi connectivity index (χ2n) is 4.60. The Balaban J connectivity index is 4.40. The van der Waals surface area contributed by atoms with Gasteiger partial charge in [0, 0.05) is 5.92 Å². The fourth-order valence-corrected chi connectivity index (χ4v) is 1.65. The Morgan fingerprint density at radius 3 is 2.35 bits per heavy atom. The first-order valence-corrected chi connectivity index (χ1v) is 5.91. The van der Waals surface area contributed by atoms with Gasteiger partial charge < -0.3 is 10.1 Å². The number of amides is 1. The number of ether oxygens (including phenoxy) is 1. The lowest BCUT2D eigenvalue weighted by Gasteiger charge is -2.19. The van der Waals surface area contributed by atoms with Crippen molar-refractivity contribution in [1.29, 1.82) is 0 Å². The highest BCUT2D eigenvalue weighted by Crippen LogP contribution is 2.16. The van der Waals surface area contributed by atoms with Crippen LogP contribution in [-0.4, -0.2) is 25.0 Å². The van der Waals surface area contributed by atoms with Crippen LogP contribution in [0.4, 0.5) is 0 Å². The van der Waals surface area contributed by atoms with Gasteiger partial charge in [0.05, 0.1) is 7.11 Å². The van der Waals surface area contributed by atoms with Gasteiger partial charge in [-0.15, -0.1) is 6.58 Å². The van der Waals surface area contributed by atoms with Crippen LogP contribution in [0.1, 0.15) is 33.6 Å². The van der Waals surface area contributed by atoms with E-state index in [1.165, 1.54) is 7.11 Å². The number of carbonyl (C=O) groups excluding carboxylic acids is 2. The summed E-state index contributed by atoms with van der Waals surface area (Å²) in [5, 5.41) is 2.66. The minimum absolute atomic E-state index is 0.114. The van der Waals surface area contributed by atoms with Crippen LogP contribution in [-0.2, 0) is 14.3 Å². The van der Waals surface area contributed by atoms with Gasteiger partial charge in [-0.25, -0.2) is 4.79 Å². The first-order chi connectivity index (χ1) is 7.92. The molecule has 98 valence electrons. The molecule has 0 spiro atoms. The van der Waals surface area contributed by atoms with Crippen LogP contribution in [0.15, 0.2) is 12.7 Å². The Morgan fingerprint density at radius 1 is 1.35 bits per heavy atom. The molecular formula is C13H23NO3. The number of esters is 1. The molecule has 0 aromatic heterocycles. The number of hydrogen-bond donors (Lipinski definition) is 1. The van der Waals surface area contributed by atoms with Crippen LogP contribution in [0.5, 0.6) is 0 Å². The van der Waals surface area contributed by atoms with Crippen molar-refractivity contribution in [2.75, 3.05) is 7.11 Å². The summed E-state index contributed by atoms with van der Waals surface area (Å²) in [4.78, 5) is 23.1. The first kappa shape index (κ1) is 15.7. The van der Waals surface area contributed by atoms with E-state index in [1.54, 1.807) is 13.0 Å². The molecule has 0 aromatic rings. The summed E-state index contributed by atoms with van der Waals surface area (Å²) in [6.45, 7) is 9.39. The van der Waals surface area contributed by atoms with E-state index >= 15 is 0 Å². The van der Waals surface area contributed by atoms with Crippen molar-refractivity contribution >= 4 is 11.9 Å². The molecule has 0 heterocycles. The molecule has 4 heteroatoms. The maximum atomic E-state index is 11.9. The van der Waals surface area contributed by atoms with Crippen LogP contribution in [0, 0.1) is 11.8 Å². The third kappa shape index (κ3) is 6.09. The van der Waals surface area contributed by atoms with Crippen molar-refractivity contribution in [3.8, 4) is 0 Å². The molecule has 0 aliphatic heterocycles. The molecule has 0 fully saturated rings. The summed E-state index contributed by atoms with van der Waals surface area (Å²) in [6, 6.07) is -0.605. The van der Waals surface area contributed by atoms with Gasteiger partial charge in [-0.3, -0.25) is 4.79 Å². The summed E-state index contributed by atoms with van der Waals surface area (Å²) < 4.78 is 4.56. The number of carbonyl (C=O) groups is 2. The van der Waals surface area contributed by atoms with E-state index in [-0.39, 0.29) is 11.8 Å². The molecule has 0 saturated carbocycles. The molecule has 0 saturated heterocycles. The van der Waals surface area contributed by atoms with Gasteiger partial charge in [-0.2, -0.15) is 0 Å². The lowest BCUT2D eigenvalue weighted by molar-refractivity contribution is -0.145. The van der Waals surface area contributed by atoms with Gasteiger partial charge in [0.25, 0.3) is 0 Å². The number of rotatable bonds is 7. The topological polar surface area (TPSA) is 55.4 Å². The highest BCUT2D eigenvalue weighted by atomic mass is 16.5. The fraction of sp³-hybridized carbons (Fsp3) is 0.692. The van der Waals surface area contributed by atoms with Crippen LogP contribution >= 0.6 is 0 Å². The normalized spacial score (nSPS) is 13.9. The highest BCUT2D eigenvalue weighted by molar-refractivity contribution is 5.85. The molecular weight excluding hydrogens is 218 g/mol. The smallest absolute Gasteiger partial charge is 0.328 e. The van der Waals surface area contributed by atoms with E-state index in [2.05, 4.69) is 30.5 Å². The van der Waals surface area contributed by atoms with Crippen LogP contribution in [0.2, 0.25) is 0 Å². The Hall–Kier alpha value is -1.32. The third-order valence-corrected chi connectivity index (χ3v) is 2.49. The molecule has 0 bridgehead atoms. The van der Waals surface area contributed by atoms with Gasteiger partial charge in [-0.1, -0.05) is 19.9 Å². The van der Waals surface area contributed by atoms with E-state index in [1.807, 2.05) is 0 Å². The Morgan fingerprint density at radius 2 is 1.94 bits per heavy atom. The number of nitrogens with one attached hydrogen (secondary N) is 1. The van der Waals surface area contributed by atoms with Gasteiger partial charge >= 0.3 is 5.97 Å². The predicted molar refractivity (Wildman–Crippen MR) is 67.4 cm³/mol. The molecule has 0 aliphatic rings. The molecule has 2 unspecified atom stereocenters. The molecule has 0 rings (SSSR count). The summed E-state index contributed by atoms with van der Waals surface area (Å²) in [7, 11) is 1.31. The lowest BCUT2D eigenvalue weighted by atomic mass is 9.93. The van der Waals surface area contributed by atoms with Gasteiger partial charge in [0.2, 0.25) is 5.91 Å². The SMILES string of the molecule is C=CCC(CC(C)C)C(=O)NC(C)C(=O)OC. The van der Waals surface area contributed by atoms with Crippen molar-refractivity contribution in [2.24, 2.45) is 11.8 Å². The molecule has 2 atom stereocenters. The number of hydrogen-bond acceptors (Lipinski definition) is 3. The molecule has 0 radical (unpaired) electrons. The molecule has 4 nitrogen and oxygen atoms in total. The zero-order valence-corrected chi connectivity index (χ0v) is 11.2. The number of allylic oxidation sites excluding steroid dienone is 1. The average molecular weight is 241 g/mol. The third-order valence-electron chi connectivity index (χ3n) is 2.49. The second-order valence-corrected chi connectivity index (χ2v) is 4.60. The highest BCUT2D eigenvalue weighted by Gasteiger charge is 2.22. The number of methoxy groups -OCH3 is 1. The van der Waals surface area contributed by atoms with Gasteiger partial charge in [0.1, 0.15) is 6.04 Å². The minimum Gasteiger partial charge on any atom is -0.467 e. The van der Waals surface area contributed by atoms with Crippen LogP contribution in [0.25, 0.3) is 0 Å². The van der Waals surface area contributed by atoms with E-state index in [9.17, 15) is 9.59 Å². The molecule has 0 aromatic carbocycles. The summed E-state index contributed by atoms with van der Waals surface area (Å²) in [5.41, 5.74) is 0. The van der Waals surface area contributed by atoms with Crippen molar-refractivity contribution in [2.45, 2.75) is 39.7 Å². The molecule has 0 aliphatic carbocycles. The Bertz CT molecular complexity index is 274. The lowest BCUT2D eigenvalue weighted by Crippen LogP contribution is -2.42. The summed E-state index contributed by atoms with van der Waals surface area (Å²) in [6.07, 6.45) is 3.14. The standard InChI is InChI=1S/C13H23NO3/c1-6-7-11(8-9(2)3)12(15)14-10(4)13(16)17-5/h6,9-11H,1,7-8H2,2-5H3,(H,14,15). The van der Waals surface area contributed by atoms with E-state index in [0.29, 0.717) is 12.3 Å². The zero-order valence-electron chi connectivity index (χ0n) is 11.2. The van der Waals surface area contributed by atoms with Crippen molar-refractivity contribution in [1.82, 2.24) is 5.32 Å². The van der Waals surface area contributed by atoms with E-state index in [4.69, 9.17) is 0 Å². The minimum atomic E-state index is -0.605. The molecule has 1 N–H and O–H groups in total. The van der Waals surface area contributed by atoms with E-state index in [0.717, 1.165) is 6.42 Å². The summed E-state index contributed by atoms with van der Waals surface area (Å²) >= 11 is 0. The maximum absolute atomic E-state index is 11.9.